The van der Waals surface area contributed by atoms with Crippen molar-refractivity contribution in [1.29, 1.82) is 0 Å². The summed E-state index contributed by atoms with van der Waals surface area (Å²) < 4.78 is 9.84. The van der Waals surface area contributed by atoms with E-state index in [-0.39, 0.29) is 6.61 Å². The average Bonchev–Trinajstić information content (AvgIpc) is 2.30. The molecule has 2 N–H and O–H groups in total. The maximum Gasteiger partial charge on any atom is 0.155 e. The molecule has 0 aromatic rings. The van der Waals surface area contributed by atoms with Crippen LogP contribution >= 0.6 is 0 Å². The zero-order valence-electron chi connectivity index (χ0n) is 6.30. The van der Waals surface area contributed by atoms with Crippen molar-refractivity contribution in [3.8, 4) is 0 Å². The van der Waals surface area contributed by atoms with Crippen molar-refractivity contribution in [1.82, 2.24) is 0 Å². The standard InChI is InChI=1S/C6H11BO4/c1-10-6-4(7)5(9)3(2-8)11-6/h3-6,8-9H,2H2,1H3/t3-,4?,5?,6+/m1/s1. The maximum atomic E-state index is 9.27. The highest BCUT2D eigenvalue weighted by atomic mass is 16.7. The van der Waals surface area contributed by atoms with Gasteiger partial charge in [0.1, 0.15) is 6.10 Å². The molecule has 11 heavy (non-hydrogen) atoms. The lowest BCUT2D eigenvalue weighted by Gasteiger charge is -2.12. The van der Waals surface area contributed by atoms with Gasteiger partial charge in [0.15, 0.2) is 6.29 Å². The third-order valence-electron chi connectivity index (χ3n) is 1.81. The van der Waals surface area contributed by atoms with Crippen LogP contribution in [0.4, 0.5) is 0 Å². The molecule has 1 heterocycles. The predicted octanol–water partition coefficient (Wildman–Crippen LogP) is -1.33. The monoisotopic (exact) mass is 158 g/mol. The van der Waals surface area contributed by atoms with Crippen LogP contribution in [0.5, 0.6) is 0 Å². The summed E-state index contributed by atoms with van der Waals surface area (Å²) in [6.07, 6.45) is -2.07. The van der Waals surface area contributed by atoms with Crippen molar-refractivity contribution < 1.29 is 19.7 Å². The Hall–Kier alpha value is -0.0951. The van der Waals surface area contributed by atoms with Crippen LogP contribution in [0.1, 0.15) is 0 Å². The molecule has 0 saturated carbocycles. The highest BCUT2D eigenvalue weighted by Crippen LogP contribution is 2.29. The second-order valence-corrected chi connectivity index (χ2v) is 2.53. The normalized spacial score (nSPS) is 44.6. The first kappa shape index (κ1) is 9.00. The number of methoxy groups -OCH3 is 1. The average molecular weight is 158 g/mol. The smallest absolute Gasteiger partial charge is 0.155 e. The van der Waals surface area contributed by atoms with Crippen molar-refractivity contribution >= 4 is 7.85 Å². The topological polar surface area (TPSA) is 58.9 Å². The minimum Gasteiger partial charge on any atom is -0.394 e. The summed E-state index contributed by atoms with van der Waals surface area (Å²) in [5.74, 6) is -0.572. The van der Waals surface area contributed by atoms with Crippen LogP contribution in [-0.4, -0.2) is 50.3 Å². The SMILES string of the molecule is [B]C1C(O)[C@@H](CO)O[C@@H]1OC. The Balaban J connectivity index is 2.53. The summed E-state index contributed by atoms with van der Waals surface area (Å²) in [6, 6.07) is 0. The lowest BCUT2D eigenvalue weighted by molar-refractivity contribution is -0.126. The fraction of sp³-hybridized carbons (Fsp3) is 1.00. The number of aliphatic hydroxyl groups excluding tert-OH is 2. The van der Waals surface area contributed by atoms with Crippen molar-refractivity contribution in [2.24, 2.45) is 0 Å². The summed E-state index contributed by atoms with van der Waals surface area (Å²) in [7, 11) is 6.93. The molecule has 4 atom stereocenters. The number of hydrogen-bond donors (Lipinski definition) is 2. The molecule has 1 aliphatic rings. The second-order valence-electron chi connectivity index (χ2n) is 2.53. The predicted molar refractivity (Wildman–Crippen MR) is 38.3 cm³/mol. The highest BCUT2D eigenvalue weighted by Gasteiger charge is 2.39. The van der Waals surface area contributed by atoms with E-state index in [2.05, 4.69) is 0 Å². The van der Waals surface area contributed by atoms with Gasteiger partial charge < -0.3 is 19.7 Å². The van der Waals surface area contributed by atoms with Gasteiger partial charge in [-0.3, -0.25) is 0 Å². The van der Waals surface area contributed by atoms with Crippen LogP contribution in [0.2, 0.25) is 5.82 Å². The number of aliphatic hydroxyl groups is 2. The van der Waals surface area contributed by atoms with Gasteiger partial charge in [-0.05, 0) is 0 Å². The molecule has 1 rings (SSSR count). The molecule has 5 heteroatoms. The van der Waals surface area contributed by atoms with E-state index in [1.54, 1.807) is 0 Å². The van der Waals surface area contributed by atoms with Gasteiger partial charge in [0.05, 0.1) is 20.6 Å². The fourth-order valence-electron chi connectivity index (χ4n) is 1.12. The fourth-order valence-corrected chi connectivity index (χ4v) is 1.12. The summed E-state index contributed by atoms with van der Waals surface area (Å²) >= 11 is 0. The second kappa shape index (κ2) is 3.54. The molecule has 4 nitrogen and oxygen atoms in total. The molecule has 0 aromatic carbocycles. The first-order valence-corrected chi connectivity index (χ1v) is 3.43. The molecular weight excluding hydrogens is 147 g/mol. The van der Waals surface area contributed by atoms with E-state index in [4.69, 9.17) is 22.4 Å². The van der Waals surface area contributed by atoms with Crippen LogP contribution < -0.4 is 0 Å². The molecule has 1 saturated heterocycles. The van der Waals surface area contributed by atoms with Crippen molar-refractivity contribution in [3.05, 3.63) is 0 Å². The minimum atomic E-state index is -0.843. The van der Waals surface area contributed by atoms with E-state index in [0.717, 1.165) is 0 Å². The Bertz CT molecular complexity index is 114. The summed E-state index contributed by atoms with van der Waals surface area (Å²) in [6.45, 7) is -0.241. The number of ether oxygens (including phenoxy) is 2. The van der Waals surface area contributed by atoms with Crippen LogP contribution in [0.25, 0.3) is 0 Å². The van der Waals surface area contributed by atoms with E-state index in [1.807, 2.05) is 0 Å². The van der Waals surface area contributed by atoms with Crippen LogP contribution in [0, 0.1) is 0 Å². The molecule has 2 radical (unpaired) electrons. The van der Waals surface area contributed by atoms with Crippen molar-refractivity contribution in [2.45, 2.75) is 24.3 Å². The van der Waals surface area contributed by atoms with Crippen LogP contribution in [0.15, 0.2) is 0 Å². The molecule has 0 bridgehead atoms. The van der Waals surface area contributed by atoms with E-state index in [9.17, 15) is 5.11 Å². The third-order valence-corrected chi connectivity index (χ3v) is 1.81. The molecular formula is C6H11BO4. The van der Waals surface area contributed by atoms with Gasteiger partial charge in [0, 0.05) is 12.9 Å². The molecule has 0 aliphatic carbocycles. The third kappa shape index (κ3) is 1.56. The Kier molecular flexibility index (Phi) is 2.89. The van der Waals surface area contributed by atoms with E-state index in [1.165, 1.54) is 7.11 Å². The first-order valence-electron chi connectivity index (χ1n) is 3.43. The van der Waals surface area contributed by atoms with Crippen molar-refractivity contribution in [2.75, 3.05) is 13.7 Å². The van der Waals surface area contributed by atoms with Crippen LogP contribution in [-0.2, 0) is 9.47 Å². The molecule has 0 spiro atoms. The first-order chi connectivity index (χ1) is 5.20. The zero-order chi connectivity index (χ0) is 8.43. The van der Waals surface area contributed by atoms with Gasteiger partial charge in [-0.15, -0.1) is 0 Å². The summed E-state index contributed by atoms with van der Waals surface area (Å²) in [5.41, 5.74) is 0. The van der Waals surface area contributed by atoms with E-state index in [0.29, 0.717) is 0 Å². The van der Waals surface area contributed by atoms with Crippen LogP contribution in [0.3, 0.4) is 0 Å². The quantitative estimate of drug-likeness (QED) is 0.488. The molecule has 0 amide bonds. The molecule has 0 aromatic heterocycles. The van der Waals surface area contributed by atoms with Gasteiger partial charge in [-0.2, -0.15) is 0 Å². The van der Waals surface area contributed by atoms with Gasteiger partial charge in [-0.1, -0.05) is 0 Å². The Morgan fingerprint density at radius 3 is 2.55 bits per heavy atom. The van der Waals surface area contributed by atoms with E-state index >= 15 is 0 Å². The summed E-state index contributed by atoms with van der Waals surface area (Å²) in [5, 5.41) is 17.9. The van der Waals surface area contributed by atoms with Gasteiger partial charge in [-0.25, -0.2) is 0 Å². The molecule has 2 unspecified atom stereocenters. The van der Waals surface area contributed by atoms with Gasteiger partial charge in [0.2, 0.25) is 0 Å². The number of hydrogen-bond acceptors (Lipinski definition) is 4. The molecule has 1 fully saturated rings. The molecule has 1 aliphatic heterocycles. The maximum absolute atomic E-state index is 9.27. The Morgan fingerprint density at radius 1 is 1.64 bits per heavy atom. The van der Waals surface area contributed by atoms with Gasteiger partial charge >= 0.3 is 0 Å². The minimum absolute atomic E-state index is 0.241. The summed E-state index contributed by atoms with van der Waals surface area (Å²) in [4.78, 5) is 0. The molecule has 62 valence electrons. The van der Waals surface area contributed by atoms with Crippen molar-refractivity contribution in [3.63, 3.8) is 0 Å². The van der Waals surface area contributed by atoms with E-state index < -0.39 is 24.3 Å². The Labute approximate surface area is 66.5 Å². The largest absolute Gasteiger partial charge is 0.394 e. The Morgan fingerprint density at radius 2 is 2.27 bits per heavy atom. The lowest BCUT2D eigenvalue weighted by atomic mass is 9.82. The van der Waals surface area contributed by atoms with Gasteiger partial charge in [0.25, 0.3) is 0 Å². The lowest BCUT2D eigenvalue weighted by Crippen LogP contribution is -2.27. The highest BCUT2D eigenvalue weighted by molar-refractivity contribution is 6.12. The zero-order valence-corrected chi connectivity index (χ0v) is 6.30. The number of rotatable bonds is 2.